The molecule has 3 aromatic heterocycles. The standard InChI is InChI=1S/C26H26N8O/c1-15(24-31-20-9-4-3-8-19(20)26(35)33(24)18-6-5-7-18)34-25-21(23(27)29-14-30-25)22(32-34)16-10-12-17(28-2)13-11-16/h3-4,8-15,18,28H,5-7H2,1-2H3,(H2,27,29,30). The van der Waals surface area contributed by atoms with Crippen molar-refractivity contribution in [1.82, 2.24) is 29.3 Å². The van der Waals surface area contributed by atoms with E-state index in [2.05, 4.69) is 15.3 Å². The molecular formula is C26H26N8O. The molecule has 3 heterocycles. The Balaban J connectivity index is 1.58. The second kappa shape index (κ2) is 8.19. The van der Waals surface area contributed by atoms with E-state index in [9.17, 15) is 4.79 Å². The molecule has 6 rings (SSSR count). The molecule has 1 saturated carbocycles. The van der Waals surface area contributed by atoms with Gasteiger partial charge in [-0.2, -0.15) is 5.10 Å². The predicted molar refractivity (Wildman–Crippen MR) is 137 cm³/mol. The highest BCUT2D eigenvalue weighted by Gasteiger charge is 2.29. The van der Waals surface area contributed by atoms with Crippen molar-refractivity contribution in [2.45, 2.75) is 38.3 Å². The number of para-hydroxylation sites is 1. The van der Waals surface area contributed by atoms with Gasteiger partial charge in [-0.25, -0.2) is 19.6 Å². The van der Waals surface area contributed by atoms with E-state index in [1.807, 2.05) is 71.8 Å². The maximum atomic E-state index is 13.6. The van der Waals surface area contributed by atoms with Crippen molar-refractivity contribution in [3.8, 4) is 11.3 Å². The van der Waals surface area contributed by atoms with Gasteiger partial charge in [0, 0.05) is 24.3 Å². The first-order valence-corrected chi connectivity index (χ1v) is 11.8. The van der Waals surface area contributed by atoms with Gasteiger partial charge in [0.2, 0.25) is 0 Å². The number of fused-ring (bicyclic) bond motifs is 2. The molecule has 9 nitrogen and oxygen atoms in total. The molecule has 5 aromatic rings. The summed E-state index contributed by atoms with van der Waals surface area (Å²) in [6.07, 6.45) is 4.50. The molecule has 0 amide bonds. The van der Waals surface area contributed by atoms with Crippen molar-refractivity contribution in [2.75, 3.05) is 18.1 Å². The third-order valence-electron chi connectivity index (χ3n) is 6.98. The molecule has 3 N–H and O–H groups in total. The molecule has 35 heavy (non-hydrogen) atoms. The lowest BCUT2D eigenvalue weighted by Gasteiger charge is -2.31. The van der Waals surface area contributed by atoms with Gasteiger partial charge in [0.1, 0.15) is 29.7 Å². The molecule has 176 valence electrons. The van der Waals surface area contributed by atoms with Crippen LogP contribution < -0.4 is 16.6 Å². The highest BCUT2D eigenvalue weighted by molar-refractivity contribution is 5.98. The quantitative estimate of drug-likeness (QED) is 0.399. The number of benzene rings is 2. The maximum Gasteiger partial charge on any atom is 0.261 e. The summed E-state index contributed by atoms with van der Waals surface area (Å²) in [4.78, 5) is 27.3. The Kier molecular flexibility index (Phi) is 4.98. The Labute approximate surface area is 201 Å². The lowest BCUT2D eigenvalue weighted by molar-refractivity contribution is 0.288. The van der Waals surface area contributed by atoms with Gasteiger partial charge in [0.25, 0.3) is 5.56 Å². The monoisotopic (exact) mass is 466 g/mol. The van der Waals surface area contributed by atoms with Crippen LogP contribution in [0, 0.1) is 0 Å². The Hall–Kier alpha value is -4.27. The van der Waals surface area contributed by atoms with E-state index >= 15 is 0 Å². The SMILES string of the molecule is CNc1ccc(-c2nn(C(C)c3nc4ccccc4c(=O)n3C3CCC3)c3ncnc(N)c23)cc1. The number of hydrogen-bond acceptors (Lipinski definition) is 7. The molecule has 0 bridgehead atoms. The minimum absolute atomic E-state index is 0.00405. The van der Waals surface area contributed by atoms with Gasteiger partial charge in [-0.3, -0.25) is 9.36 Å². The van der Waals surface area contributed by atoms with Crippen molar-refractivity contribution in [1.29, 1.82) is 0 Å². The van der Waals surface area contributed by atoms with Gasteiger partial charge >= 0.3 is 0 Å². The first-order chi connectivity index (χ1) is 17.1. The number of nitrogens with zero attached hydrogens (tertiary/aromatic N) is 6. The summed E-state index contributed by atoms with van der Waals surface area (Å²) in [5, 5.41) is 9.42. The zero-order valence-corrected chi connectivity index (χ0v) is 19.6. The van der Waals surface area contributed by atoms with Crippen LogP contribution in [0.3, 0.4) is 0 Å². The predicted octanol–water partition coefficient (Wildman–Crippen LogP) is 4.16. The van der Waals surface area contributed by atoms with Crippen LogP contribution in [0.2, 0.25) is 0 Å². The van der Waals surface area contributed by atoms with E-state index in [0.29, 0.717) is 39.3 Å². The van der Waals surface area contributed by atoms with Gasteiger partial charge in [-0.1, -0.05) is 24.3 Å². The van der Waals surface area contributed by atoms with Crippen molar-refractivity contribution >= 4 is 33.4 Å². The molecule has 1 aliphatic rings. The molecule has 0 aliphatic heterocycles. The highest BCUT2D eigenvalue weighted by atomic mass is 16.1. The van der Waals surface area contributed by atoms with Crippen molar-refractivity contribution in [3.63, 3.8) is 0 Å². The number of anilines is 2. The Bertz CT molecular complexity index is 1620. The van der Waals surface area contributed by atoms with Gasteiger partial charge in [0.15, 0.2) is 5.65 Å². The fourth-order valence-electron chi connectivity index (χ4n) is 4.83. The number of aromatic nitrogens is 6. The third-order valence-corrected chi connectivity index (χ3v) is 6.98. The lowest BCUT2D eigenvalue weighted by atomic mass is 9.92. The summed E-state index contributed by atoms with van der Waals surface area (Å²) in [6, 6.07) is 15.3. The number of nitrogens with one attached hydrogen (secondary N) is 1. The van der Waals surface area contributed by atoms with Crippen LogP contribution in [0.4, 0.5) is 11.5 Å². The smallest absolute Gasteiger partial charge is 0.261 e. The van der Waals surface area contributed by atoms with Crippen molar-refractivity contribution in [2.24, 2.45) is 0 Å². The van der Waals surface area contributed by atoms with Crippen LogP contribution in [0.15, 0.2) is 59.7 Å². The van der Waals surface area contributed by atoms with E-state index < -0.39 is 0 Å². The number of nitrogen functional groups attached to an aromatic ring is 1. The Morgan fingerprint density at radius 2 is 1.86 bits per heavy atom. The van der Waals surface area contributed by atoms with E-state index in [1.54, 1.807) is 0 Å². The summed E-state index contributed by atoms with van der Waals surface area (Å²) >= 11 is 0. The second-order valence-corrected chi connectivity index (χ2v) is 9.00. The van der Waals surface area contributed by atoms with Crippen molar-refractivity contribution in [3.05, 3.63) is 71.0 Å². The Morgan fingerprint density at radius 3 is 2.57 bits per heavy atom. The fourth-order valence-corrected chi connectivity index (χ4v) is 4.83. The molecule has 1 aliphatic carbocycles. The summed E-state index contributed by atoms with van der Waals surface area (Å²) in [6.45, 7) is 2.00. The number of hydrogen-bond donors (Lipinski definition) is 2. The van der Waals surface area contributed by atoms with E-state index in [1.165, 1.54) is 6.33 Å². The maximum absolute atomic E-state index is 13.6. The van der Waals surface area contributed by atoms with Crippen LogP contribution >= 0.6 is 0 Å². The normalized spacial score (nSPS) is 14.8. The minimum Gasteiger partial charge on any atom is -0.388 e. The summed E-state index contributed by atoms with van der Waals surface area (Å²) in [5.74, 6) is 1.04. The topological polar surface area (TPSA) is 117 Å². The highest BCUT2D eigenvalue weighted by Crippen LogP contribution is 2.36. The molecule has 1 atom stereocenters. The average molecular weight is 467 g/mol. The van der Waals surface area contributed by atoms with E-state index in [-0.39, 0.29) is 17.6 Å². The third kappa shape index (κ3) is 3.34. The van der Waals surface area contributed by atoms with E-state index in [4.69, 9.17) is 15.8 Å². The first-order valence-electron chi connectivity index (χ1n) is 11.8. The fraction of sp³-hybridized carbons (Fsp3) is 0.269. The van der Waals surface area contributed by atoms with Crippen LogP contribution in [0.1, 0.15) is 44.1 Å². The largest absolute Gasteiger partial charge is 0.388 e. The van der Waals surface area contributed by atoms with Gasteiger partial charge < -0.3 is 11.1 Å². The van der Waals surface area contributed by atoms with Gasteiger partial charge in [-0.05, 0) is 50.5 Å². The van der Waals surface area contributed by atoms with E-state index in [0.717, 1.165) is 30.5 Å². The average Bonchev–Trinajstić information content (AvgIpc) is 3.25. The summed E-state index contributed by atoms with van der Waals surface area (Å²) in [5.41, 5.74) is 10.2. The molecule has 1 unspecified atom stereocenters. The second-order valence-electron chi connectivity index (χ2n) is 9.00. The molecule has 2 aromatic carbocycles. The number of nitrogens with two attached hydrogens (primary N) is 1. The van der Waals surface area contributed by atoms with Gasteiger partial charge in [0.05, 0.1) is 16.3 Å². The zero-order chi connectivity index (χ0) is 24.1. The molecule has 1 fully saturated rings. The number of rotatable bonds is 5. The molecule has 0 saturated heterocycles. The summed E-state index contributed by atoms with van der Waals surface area (Å²) < 4.78 is 3.69. The minimum atomic E-state index is -0.352. The lowest BCUT2D eigenvalue weighted by Crippen LogP contribution is -2.34. The van der Waals surface area contributed by atoms with Crippen LogP contribution in [0.25, 0.3) is 33.2 Å². The molecule has 0 spiro atoms. The summed E-state index contributed by atoms with van der Waals surface area (Å²) in [7, 11) is 1.88. The molecule has 0 radical (unpaired) electrons. The van der Waals surface area contributed by atoms with Crippen LogP contribution in [0.5, 0.6) is 0 Å². The zero-order valence-electron chi connectivity index (χ0n) is 19.6. The van der Waals surface area contributed by atoms with Crippen LogP contribution in [-0.4, -0.2) is 36.3 Å². The van der Waals surface area contributed by atoms with Crippen LogP contribution in [-0.2, 0) is 0 Å². The molecule has 9 heteroatoms. The first kappa shape index (κ1) is 21.3. The Morgan fingerprint density at radius 1 is 1.09 bits per heavy atom. The van der Waals surface area contributed by atoms with Gasteiger partial charge in [-0.15, -0.1) is 0 Å². The molecular weight excluding hydrogens is 440 g/mol. The van der Waals surface area contributed by atoms with Crippen molar-refractivity contribution < 1.29 is 0 Å².